The topological polar surface area (TPSA) is 87.5 Å². The van der Waals surface area contributed by atoms with Gasteiger partial charge in [-0.25, -0.2) is 4.79 Å². The van der Waals surface area contributed by atoms with Gasteiger partial charge in [0.25, 0.3) is 0 Å². The number of carbonyl (C=O) groups excluding carboxylic acids is 2. The first-order valence-corrected chi connectivity index (χ1v) is 9.41. The summed E-state index contributed by atoms with van der Waals surface area (Å²) >= 11 is 0. The maximum atomic E-state index is 12.6. The van der Waals surface area contributed by atoms with Crippen LogP contribution in [0.25, 0.3) is 0 Å². The molecule has 0 radical (unpaired) electrons. The fraction of sp³-hybridized carbons (Fsp3) is 0.722. The molecule has 7 nitrogen and oxygen atoms in total. The number of urea groups is 1. The van der Waals surface area contributed by atoms with E-state index in [0.717, 1.165) is 44.2 Å². The second kappa shape index (κ2) is 7.89. The van der Waals surface area contributed by atoms with Crippen molar-refractivity contribution in [2.75, 3.05) is 6.54 Å². The van der Waals surface area contributed by atoms with Crippen molar-refractivity contribution in [3.05, 3.63) is 17.5 Å². The number of rotatable bonds is 5. The number of nitrogens with one attached hydrogen (secondary N) is 2. The Bertz CT molecular complexity index is 611. The molecular weight excluding hydrogens is 320 g/mol. The quantitative estimate of drug-likeness (QED) is 0.856. The van der Waals surface area contributed by atoms with E-state index in [9.17, 15) is 9.59 Å². The highest BCUT2D eigenvalue weighted by Gasteiger charge is 2.38. The van der Waals surface area contributed by atoms with Gasteiger partial charge in [-0.2, -0.15) is 0 Å². The predicted octanol–water partition coefficient (Wildman–Crippen LogP) is 2.53. The lowest BCUT2D eigenvalue weighted by atomic mass is 9.87. The summed E-state index contributed by atoms with van der Waals surface area (Å²) in [4.78, 5) is 26.2. The fourth-order valence-corrected chi connectivity index (χ4v) is 3.98. The second-order valence-corrected chi connectivity index (χ2v) is 7.04. The molecule has 0 bridgehead atoms. The van der Waals surface area contributed by atoms with Crippen molar-refractivity contribution in [1.82, 2.24) is 20.7 Å². The van der Waals surface area contributed by atoms with Gasteiger partial charge in [0.1, 0.15) is 6.54 Å². The predicted molar refractivity (Wildman–Crippen MR) is 93.0 cm³/mol. The van der Waals surface area contributed by atoms with E-state index in [1.54, 1.807) is 4.90 Å². The molecule has 1 aromatic heterocycles. The molecule has 1 saturated heterocycles. The largest absolute Gasteiger partial charge is 0.359 e. The number of fused-ring (bicyclic) bond motifs is 1. The zero-order valence-electron chi connectivity index (χ0n) is 15.1. The van der Waals surface area contributed by atoms with Gasteiger partial charge in [-0.3, -0.25) is 4.79 Å². The summed E-state index contributed by atoms with van der Waals surface area (Å²) in [5, 5.41) is 10.0. The molecule has 2 atom stereocenters. The van der Waals surface area contributed by atoms with Crippen LogP contribution in [0.15, 0.2) is 10.6 Å². The zero-order valence-corrected chi connectivity index (χ0v) is 15.1. The monoisotopic (exact) mass is 348 g/mol. The number of amides is 3. The summed E-state index contributed by atoms with van der Waals surface area (Å²) in [5.74, 6) is 0.966. The molecule has 2 aliphatic rings. The molecule has 1 saturated carbocycles. The third-order valence-electron chi connectivity index (χ3n) is 5.45. The average molecular weight is 348 g/mol. The molecule has 138 valence electrons. The van der Waals surface area contributed by atoms with Crippen LogP contribution in [0.2, 0.25) is 0 Å². The number of nitrogens with zero attached hydrogens (tertiary/aromatic N) is 2. The molecule has 7 heteroatoms. The van der Waals surface area contributed by atoms with Gasteiger partial charge in [0, 0.05) is 18.0 Å². The van der Waals surface area contributed by atoms with E-state index in [4.69, 9.17) is 4.52 Å². The Morgan fingerprint density at radius 1 is 1.40 bits per heavy atom. The highest BCUT2D eigenvalue weighted by Crippen LogP contribution is 2.26. The first-order chi connectivity index (χ1) is 12.1. The van der Waals surface area contributed by atoms with Gasteiger partial charge < -0.3 is 20.1 Å². The fourth-order valence-electron chi connectivity index (χ4n) is 3.98. The smallest absolute Gasteiger partial charge is 0.318 e. The molecular formula is C18H28N4O3. The molecule has 25 heavy (non-hydrogen) atoms. The van der Waals surface area contributed by atoms with Gasteiger partial charge in [0.05, 0.1) is 18.3 Å². The SMILES string of the molecule is CCC(CC)c1cc(CNC(=O)N2CC(=O)N[C@@H]3CCCC[C@@H]32)on1. The third kappa shape index (κ3) is 3.96. The highest BCUT2D eigenvalue weighted by molar-refractivity contribution is 5.86. The van der Waals surface area contributed by atoms with Crippen LogP contribution in [0.1, 0.15) is 69.7 Å². The van der Waals surface area contributed by atoms with Crippen molar-refractivity contribution < 1.29 is 14.1 Å². The number of piperazine rings is 1. The maximum absolute atomic E-state index is 12.6. The van der Waals surface area contributed by atoms with Gasteiger partial charge >= 0.3 is 6.03 Å². The number of hydrogen-bond donors (Lipinski definition) is 2. The van der Waals surface area contributed by atoms with Crippen LogP contribution in [-0.2, 0) is 11.3 Å². The molecule has 1 aromatic rings. The summed E-state index contributed by atoms with van der Waals surface area (Å²) in [6.45, 7) is 4.68. The molecule has 3 amide bonds. The van der Waals surface area contributed by atoms with E-state index < -0.39 is 0 Å². The second-order valence-electron chi connectivity index (χ2n) is 7.04. The van der Waals surface area contributed by atoms with Crippen molar-refractivity contribution in [3.8, 4) is 0 Å². The molecule has 0 spiro atoms. The van der Waals surface area contributed by atoms with E-state index in [0.29, 0.717) is 18.2 Å². The number of carbonyl (C=O) groups is 2. The number of aromatic nitrogens is 1. The Labute approximate surface area is 148 Å². The van der Waals surface area contributed by atoms with Crippen molar-refractivity contribution in [2.24, 2.45) is 0 Å². The van der Waals surface area contributed by atoms with Crippen molar-refractivity contribution in [2.45, 2.75) is 76.9 Å². The molecule has 2 fully saturated rings. The third-order valence-corrected chi connectivity index (χ3v) is 5.45. The highest BCUT2D eigenvalue weighted by atomic mass is 16.5. The van der Waals surface area contributed by atoms with Crippen LogP contribution >= 0.6 is 0 Å². The molecule has 2 heterocycles. The molecule has 0 unspecified atom stereocenters. The van der Waals surface area contributed by atoms with Crippen LogP contribution in [0.3, 0.4) is 0 Å². The maximum Gasteiger partial charge on any atom is 0.318 e. The molecule has 3 rings (SSSR count). The Balaban J connectivity index is 1.59. The summed E-state index contributed by atoms with van der Waals surface area (Å²) < 4.78 is 5.35. The molecule has 2 N–H and O–H groups in total. The number of hydrogen-bond acceptors (Lipinski definition) is 4. The van der Waals surface area contributed by atoms with Crippen LogP contribution in [0.5, 0.6) is 0 Å². The Morgan fingerprint density at radius 3 is 2.92 bits per heavy atom. The van der Waals surface area contributed by atoms with E-state index in [1.807, 2.05) is 6.07 Å². The van der Waals surface area contributed by atoms with Crippen molar-refractivity contribution >= 4 is 11.9 Å². The molecule has 0 aromatic carbocycles. The van der Waals surface area contributed by atoms with E-state index in [-0.39, 0.29) is 30.6 Å². The summed E-state index contributed by atoms with van der Waals surface area (Å²) in [6, 6.07) is 1.91. The van der Waals surface area contributed by atoms with E-state index >= 15 is 0 Å². The first kappa shape index (κ1) is 17.8. The average Bonchev–Trinajstić information content (AvgIpc) is 3.08. The van der Waals surface area contributed by atoms with Crippen LogP contribution < -0.4 is 10.6 Å². The van der Waals surface area contributed by atoms with Crippen molar-refractivity contribution in [3.63, 3.8) is 0 Å². The standard InChI is InChI=1S/C18H28N4O3/c1-3-12(4-2)15-9-13(25-21-15)10-19-18(24)22-11-17(23)20-14-7-5-6-8-16(14)22/h9,12,14,16H,3-8,10-11H2,1-2H3,(H,19,24)(H,20,23)/t14-,16+/m1/s1. The first-order valence-electron chi connectivity index (χ1n) is 9.41. The summed E-state index contributed by atoms with van der Waals surface area (Å²) in [7, 11) is 0. The van der Waals surface area contributed by atoms with E-state index in [1.165, 1.54) is 0 Å². The van der Waals surface area contributed by atoms with Gasteiger partial charge in [-0.05, 0) is 25.7 Å². The van der Waals surface area contributed by atoms with Crippen LogP contribution in [0, 0.1) is 0 Å². The minimum Gasteiger partial charge on any atom is -0.359 e. The van der Waals surface area contributed by atoms with Gasteiger partial charge in [-0.15, -0.1) is 0 Å². The van der Waals surface area contributed by atoms with Gasteiger partial charge in [0.2, 0.25) is 5.91 Å². The summed E-state index contributed by atoms with van der Waals surface area (Å²) in [5.41, 5.74) is 0.943. The lowest BCUT2D eigenvalue weighted by Crippen LogP contribution is -2.64. The van der Waals surface area contributed by atoms with E-state index in [2.05, 4.69) is 29.6 Å². The van der Waals surface area contributed by atoms with Gasteiger partial charge in [-0.1, -0.05) is 31.8 Å². The zero-order chi connectivity index (χ0) is 17.8. The van der Waals surface area contributed by atoms with Crippen LogP contribution in [0.4, 0.5) is 4.79 Å². The molecule has 1 aliphatic carbocycles. The lowest BCUT2D eigenvalue weighted by molar-refractivity contribution is -0.126. The molecule has 1 aliphatic heterocycles. The Hall–Kier alpha value is -2.05. The minimum absolute atomic E-state index is 0.0750. The summed E-state index contributed by atoms with van der Waals surface area (Å²) in [6.07, 6.45) is 6.12. The van der Waals surface area contributed by atoms with Gasteiger partial charge in [0.15, 0.2) is 5.76 Å². The normalized spacial score (nSPS) is 23.3. The Kier molecular flexibility index (Phi) is 5.60. The minimum atomic E-state index is -0.202. The van der Waals surface area contributed by atoms with Crippen LogP contribution in [-0.4, -0.2) is 40.6 Å². The Morgan fingerprint density at radius 2 is 2.16 bits per heavy atom. The lowest BCUT2D eigenvalue weighted by Gasteiger charge is -2.43. The van der Waals surface area contributed by atoms with Crippen molar-refractivity contribution in [1.29, 1.82) is 0 Å².